The fraction of sp³-hybridized carbons (Fsp3) is 0.286. The highest BCUT2D eigenvalue weighted by atomic mass is 15.2. The van der Waals surface area contributed by atoms with E-state index in [4.69, 9.17) is 0 Å². The summed E-state index contributed by atoms with van der Waals surface area (Å²) >= 11 is 0. The number of aromatic amines is 2. The number of imidazole rings is 2. The zero-order valence-electron chi connectivity index (χ0n) is 15.8. The van der Waals surface area contributed by atoms with Crippen LogP contribution in [0.3, 0.4) is 0 Å². The maximum Gasteiger partial charge on any atom is 0.122 e. The second-order valence-corrected chi connectivity index (χ2v) is 7.09. The monoisotopic (exact) mass is 373 g/mol. The number of hydrogen-bond acceptors (Lipinski definition) is 4. The molecular formula is C21H23N7. The lowest BCUT2D eigenvalue weighted by Gasteiger charge is -2.34. The molecule has 0 amide bonds. The van der Waals surface area contributed by atoms with Crippen LogP contribution in [0, 0.1) is 0 Å². The Labute approximate surface area is 163 Å². The van der Waals surface area contributed by atoms with E-state index in [1.54, 1.807) is 6.33 Å². The van der Waals surface area contributed by atoms with Crippen molar-refractivity contribution in [1.29, 1.82) is 0 Å². The number of aryl methyl sites for hydroxylation is 1. The summed E-state index contributed by atoms with van der Waals surface area (Å²) in [5.74, 6) is 1.08. The third-order valence-electron chi connectivity index (χ3n) is 5.54. The number of nitrogens with zero attached hydrogens (tertiary/aromatic N) is 5. The molecule has 0 spiro atoms. The van der Waals surface area contributed by atoms with E-state index >= 15 is 0 Å². The van der Waals surface area contributed by atoms with Crippen molar-refractivity contribution in [1.82, 2.24) is 34.6 Å². The molecule has 3 aromatic heterocycles. The van der Waals surface area contributed by atoms with Crippen LogP contribution < -0.4 is 0 Å². The number of nitrogens with one attached hydrogen (secondary N) is 2. The Hall–Kier alpha value is -3.19. The first-order valence-corrected chi connectivity index (χ1v) is 9.70. The first kappa shape index (κ1) is 16.9. The molecule has 5 rings (SSSR count). The molecule has 2 N–H and O–H groups in total. The highest BCUT2D eigenvalue weighted by Gasteiger charge is 2.34. The lowest BCUT2D eigenvalue weighted by atomic mass is 9.94. The Bertz CT molecular complexity index is 1060. The number of rotatable bonds is 5. The summed E-state index contributed by atoms with van der Waals surface area (Å²) in [5, 5.41) is 7.59. The van der Waals surface area contributed by atoms with Crippen LogP contribution in [0.15, 0.2) is 55.2 Å². The molecule has 1 aliphatic rings. The molecule has 1 aromatic carbocycles. The summed E-state index contributed by atoms with van der Waals surface area (Å²) in [7, 11) is 0. The number of aromatic nitrogens is 6. The standard InChI is InChI=1S/C21H23N7/c1-2-27-11-9-22-18(27)13-28-10-8-17-20(24-14-23-17)21(28)16-12-25-26-19(16)15-6-4-3-5-7-15/h3-7,9,11-12,14,21H,2,8,10,13H2,1H3,(H,23,24)(H,25,26). The largest absolute Gasteiger partial charge is 0.348 e. The van der Waals surface area contributed by atoms with Gasteiger partial charge < -0.3 is 9.55 Å². The second-order valence-electron chi connectivity index (χ2n) is 7.09. The van der Waals surface area contributed by atoms with Gasteiger partial charge in [0.05, 0.1) is 36.5 Å². The molecule has 0 radical (unpaired) electrons. The van der Waals surface area contributed by atoms with E-state index < -0.39 is 0 Å². The lowest BCUT2D eigenvalue weighted by Crippen LogP contribution is -2.36. The average molecular weight is 373 g/mol. The van der Waals surface area contributed by atoms with Crippen LogP contribution in [0.5, 0.6) is 0 Å². The van der Waals surface area contributed by atoms with Crippen LogP contribution in [0.2, 0.25) is 0 Å². The quantitative estimate of drug-likeness (QED) is 0.563. The van der Waals surface area contributed by atoms with Crippen LogP contribution in [0.4, 0.5) is 0 Å². The SMILES string of the molecule is CCn1ccnc1CN1CCc2[nH]cnc2C1c1cn[nH]c1-c1ccccc1. The molecule has 4 heterocycles. The molecule has 1 atom stereocenters. The lowest BCUT2D eigenvalue weighted by molar-refractivity contribution is 0.193. The molecule has 7 nitrogen and oxygen atoms in total. The Morgan fingerprint density at radius 2 is 2.07 bits per heavy atom. The summed E-state index contributed by atoms with van der Waals surface area (Å²) in [6.45, 7) is 4.78. The molecule has 0 fully saturated rings. The zero-order chi connectivity index (χ0) is 18.9. The van der Waals surface area contributed by atoms with E-state index in [9.17, 15) is 0 Å². The van der Waals surface area contributed by atoms with Gasteiger partial charge in [0.15, 0.2) is 0 Å². The second kappa shape index (κ2) is 7.09. The van der Waals surface area contributed by atoms with Crippen molar-refractivity contribution >= 4 is 0 Å². The minimum Gasteiger partial charge on any atom is -0.348 e. The van der Waals surface area contributed by atoms with Gasteiger partial charge in [-0.15, -0.1) is 0 Å². The summed E-state index contributed by atoms with van der Waals surface area (Å²) in [4.78, 5) is 15.1. The number of hydrogen-bond donors (Lipinski definition) is 2. The molecule has 0 saturated heterocycles. The van der Waals surface area contributed by atoms with Gasteiger partial charge in [0, 0.05) is 43.2 Å². The van der Waals surface area contributed by atoms with Crippen LogP contribution in [0.1, 0.15) is 35.7 Å². The maximum atomic E-state index is 4.68. The van der Waals surface area contributed by atoms with Crippen LogP contribution in [-0.2, 0) is 19.5 Å². The number of H-pyrrole nitrogens is 2. The molecule has 142 valence electrons. The molecule has 28 heavy (non-hydrogen) atoms. The third kappa shape index (κ3) is 2.84. The van der Waals surface area contributed by atoms with Gasteiger partial charge >= 0.3 is 0 Å². The Balaban J connectivity index is 1.58. The average Bonchev–Trinajstić information content (AvgIpc) is 3.49. The Morgan fingerprint density at radius 3 is 2.93 bits per heavy atom. The van der Waals surface area contributed by atoms with Gasteiger partial charge in [-0.3, -0.25) is 10.00 Å². The van der Waals surface area contributed by atoms with Gasteiger partial charge in [-0.25, -0.2) is 9.97 Å². The van der Waals surface area contributed by atoms with Gasteiger partial charge in [-0.1, -0.05) is 30.3 Å². The van der Waals surface area contributed by atoms with E-state index in [-0.39, 0.29) is 6.04 Å². The summed E-state index contributed by atoms with van der Waals surface area (Å²) in [6, 6.07) is 10.4. The van der Waals surface area contributed by atoms with E-state index in [1.807, 2.05) is 24.7 Å². The maximum absolute atomic E-state index is 4.68. The minimum atomic E-state index is 0.0333. The van der Waals surface area contributed by atoms with E-state index in [0.29, 0.717) is 0 Å². The Morgan fingerprint density at radius 1 is 1.18 bits per heavy atom. The van der Waals surface area contributed by atoms with Crippen LogP contribution >= 0.6 is 0 Å². The van der Waals surface area contributed by atoms with Crippen molar-refractivity contribution in [2.24, 2.45) is 0 Å². The van der Waals surface area contributed by atoms with Gasteiger partial charge in [0.1, 0.15) is 5.82 Å². The zero-order valence-corrected chi connectivity index (χ0v) is 15.8. The molecule has 0 bridgehead atoms. The van der Waals surface area contributed by atoms with E-state index in [2.05, 4.69) is 65.8 Å². The highest BCUT2D eigenvalue weighted by Crippen LogP contribution is 2.38. The van der Waals surface area contributed by atoms with Gasteiger partial charge in [-0.2, -0.15) is 5.10 Å². The molecule has 0 saturated carbocycles. The van der Waals surface area contributed by atoms with Crippen molar-refractivity contribution in [2.75, 3.05) is 6.54 Å². The number of benzene rings is 1. The summed E-state index contributed by atoms with van der Waals surface area (Å²) in [6.07, 6.45) is 8.62. The van der Waals surface area contributed by atoms with Crippen molar-refractivity contribution in [3.8, 4) is 11.3 Å². The smallest absolute Gasteiger partial charge is 0.122 e. The van der Waals surface area contributed by atoms with E-state index in [0.717, 1.165) is 54.4 Å². The summed E-state index contributed by atoms with van der Waals surface area (Å²) < 4.78 is 2.20. The first-order valence-electron chi connectivity index (χ1n) is 9.70. The molecule has 0 aliphatic carbocycles. The normalized spacial score (nSPS) is 17.0. The van der Waals surface area contributed by atoms with Crippen LogP contribution in [-0.4, -0.2) is 41.2 Å². The predicted molar refractivity (Wildman–Crippen MR) is 106 cm³/mol. The van der Waals surface area contributed by atoms with Gasteiger partial charge in [0.25, 0.3) is 0 Å². The van der Waals surface area contributed by atoms with Crippen molar-refractivity contribution in [3.05, 3.63) is 78.0 Å². The summed E-state index contributed by atoms with van der Waals surface area (Å²) in [5.41, 5.74) is 5.62. The molecule has 4 aromatic rings. The molecular weight excluding hydrogens is 350 g/mol. The highest BCUT2D eigenvalue weighted by molar-refractivity contribution is 5.64. The predicted octanol–water partition coefficient (Wildman–Crippen LogP) is 3.16. The topological polar surface area (TPSA) is 78.4 Å². The molecule has 1 unspecified atom stereocenters. The van der Waals surface area contributed by atoms with E-state index in [1.165, 1.54) is 5.69 Å². The van der Waals surface area contributed by atoms with Gasteiger partial charge in [0.2, 0.25) is 0 Å². The third-order valence-corrected chi connectivity index (χ3v) is 5.54. The fourth-order valence-corrected chi connectivity index (χ4v) is 4.14. The van der Waals surface area contributed by atoms with Gasteiger partial charge in [-0.05, 0) is 12.5 Å². The van der Waals surface area contributed by atoms with Crippen molar-refractivity contribution in [3.63, 3.8) is 0 Å². The van der Waals surface area contributed by atoms with Crippen molar-refractivity contribution < 1.29 is 0 Å². The Kier molecular flexibility index (Phi) is 4.29. The molecule has 7 heteroatoms. The first-order chi connectivity index (χ1) is 13.8. The number of fused-ring (bicyclic) bond motifs is 1. The fourth-order valence-electron chi connectivity index (χ4n) is 4.14. The minimum absolute atomic E-state index is 0.0333. The van der Waals surface area contributed by atoms with Crippen LogP contribution in [0.25, 0.3) is 11.3 Å². The molecule has 1 aliphatic heterocycles. The van der Waals surface area contributed by atoms with Crippen molar-refractivity contribution in [2.45, 2.75) is 32.5 Å².